The van der Waals surface area contributed by atoms with Crippen LogP contribution in [0.2, 0.25) is 0 Å². The van der Waals surface area contributed by atoms with Gasteiger partial charge in [0.15, 0.2) is 0 Å². The number of sulfonamides is 1. The Morgan fingerprint density at radius 3 is 2.46 bits per heavy atom. The second kappa shape index (κ2) is 7.75. The van der Waals surface area contributed by atoms with Crippen molar-refractivity contribution in [2.45, 2.75) is 31.3 Å². The summed E-state index contributed by atoms with van der Waals surface area (Å²) in [5, 5.41) is 12.1. The lowest BCUT2D eigenvalue weighted by Gasteiger charge is -2.18. The van der Waals surface area contributed by atoms with Crippen molar-refractivity contribution in [3.05, 3.63) is 47.7 Å². The van der Waals surface area contributed by atoms with Crippen LogP contribution in [-0.2, 0) is 16.6 Å². The number of hydrogen-bond donors (Lipinski definition) is 2. The van der Waals surface area contributed by atoms with Gasteiger partial charge in [0.2, 0.25) is 10.0 Å². The molecule has 2 rings (SSSR count). The predicted molar refractivity (Wildman–Crippen MR) is 92.8 cm³/mol. The van der Waals surface area contributed by atoms with E-state index in [0.29, 0.717) is 0 Å². The fourth-order valence-electron chi connectivity index (χ4n) is 2.11. The number of benzene rings is 1. The molecule has 0 amide bonds. The average Bonchev–Trinajstić information content (AvgIpc) is 2.54. The summed E-state index contributed by atoms with van der Waals surface area (Å²) in [5.41, 5.74) is -0.105. The highest BCUT2D eigenvalue weighted by Gasteiger charge is 2.23. The number of carbonyl (C=O) groups is 1. The fraction of sp³-hybridized carbons (Fsp3) is 0.312. The molecule has 0 aliphatic heterocycles. The van der Waals surface area contributed by atoms with E-state index in [1.54, 1.807) is 0 Å². The molecule has 0 aliphatic rings. The van der Waals surface area contributed by atoms with E-state index in [0.717, 1.165) is 22.6 Å². The molecule has 0 aliphatic carbocycles. The maximum Gasteiger partial charge on any atom is 0.341 e. The van der Waals surface area contributed by atoms with Crippen LogP contribution < -0.4 is 5.32 Å². The van der Waals surface area contributed by atoms with E-state index < -0.39 is 21.8 Å². The van der Waals surface area contributed by atoms with Crippen LogP contribution in [0.1, 0.15) is 30.0 Å². The van der Waals surface area contributed by atoms with Crippen molar-refractivity contribution in [3.8, 4) is 0 Å². The molecular weight excluding hydrogens is 363 g/mol. The number of rotatable bonds is 7. The van der Waals surface area contributed by atoms with Crippen molar-refractivity contribution in [3.63, 3.8) is 0 Å². The summed E-state index contributed by atoms with van der Waals surface area (Å²) >= 11 is 0. The van der Waals surface area contributed by atoms with Crippen molar-refractivity contribution in [2.75, 3.05) is 12.4 Å². The van der Waals surface area contributed by atoms with Crippen LogP contribution in [0.25, 0.3) is 0 Å². The number of carboxylic acids is 1. The van der Waals surface area contributed by atoms with Gasteiger partial charge in [-0.15, -0.1) is 0 Å². The standard InChI is InChI=1S/C16H19FN4O4S/c1-10(2)19-15-13(16(22)23)8-18-14(20-15)9-21(3)26(24,25)12-6-4-11(17)5-7-12/h4-8,10H,9H2,1-3H3,(H,22,23)(H,18,19,20). The smallest absolute Gasteiger partial charge is 0.341 e. The molecule has 2 N–H and O–H groups in total. The molecule has 1 aromatic heterocycles. The highest BCUT2D eigenvalue weighted by Crippen LogP contribution is 2.18. The van der Waals surface area contributed by atoms with E-state index in [1.807, 2.05) is 13.8 Å². The highest BCUT2D eigenvalue weighted by atomic mass is 32.2. The first-order valence-electron chi connectivity index (χ1n) is 7.69. The zero-order valence-electron chi connectivity index (χ0n) is 14.5. The zero-order valence-corrected chi connectivity index (χ0v) is 15.3. The lowest BCUT2D eigenvalue weighted by Crippen LogP contribution is -2.28. The average molecular weight is 382 g/mol. The summed E-state index contributed by atoms with van der Waals surface area (Å²) in [6, 6.07) is 4.38. The third kappa shape index (κ3) is 4.52. The summed E-state index contributed by atoms with van der Waals surface area (Å²) in [7, 11) is -2.53. The molecule has 0 saturated heterocycles. The van der Waals surface area contributed by atoms with Gasteiger partial charge in [0.25, 0.3) is 0 Å². The fourth-order valence-corrected chi connectivity index (χ4v) is 3.23. The number of hydrogen-bond acceptors (Lipinski definition) is 6. The molecule has 0 unspecified atom stereocenters. The summed E-state index contributed by atoms with van der Waals surface area (Å²) in [4.78, 5) is 19.2. The number of aromatic nitrogens is 2. The molecule has 1 aromatic carbocycles. The summed E-state index contributed by atoms with van der Waals surface area (Å²) in [5.74, 6) is -1.48. The molecular formula is C16H19FN4O4S. The predicted octanol–water partition coefficient (Wildman–Crippen LogP) is 1.95. The number of nitrogens with one attached hydrogen (secondary N) is 1. The Morgan fingerprint density at radius 2 is 1.92 bits per heavy atom. The Bertz CT molecular complexity index is 901. The quantitative estimate of drug-likeness (QED) is 0.752. The first-order chi connectivity index (χ1) is 12.1. The molecule has 8 nitrogen and oxygen atoms in total. The van der Waals surface area contributed by atoms with Gasteiger partial charge in [0.1, 0.15) is 23.0 Å². The number of carboxylic acid groups (broad SMARTS) is 1. The van der Waals surface area contributed by atoms with E-state index in [1.165, 1.54) is 19.2 Å². The second-order valence-corrected chi connectivity index (χ2v) is 7.91. The molecule has 140 valence electrons. The van der Waals surface area contributed by atoms with Crippen LogP contribution >= 0.6 is 0 Å². The van der Waals surface area contributed by atoms with Gasteiger partial charge in [-0.3, -0.25) is 0 Å². The summed E-state index contributed by atoms with van der Waals surface area (Å²) in [6.45, 7) is 3.46. The number of anilines is 1. The topological polar surface area (TPSA) is 112 Å². The SMILES string of the molecule is CC(C)Nc1nc(CN(C)S(=O)(=O)c2ccc(F)cc2)ncc1C(=O)O. The lowest BCUT2D eigenvalue weighted by atomic mass is 10.3. The third-order valence-corrected chi connectivity index (χ3v) is 5.20. The van der Waals surface area contributed by atoms with Crippen LogP contribution in [0, 0.1) is 5.82 Å². The largest absolute Gasteiger partial charge is 0.477 e. The van der Waals surface area contributed by atoms with Gasteiger partial charge in [-0.05, 0) is 38.1 Å². The molecule has 0 bridgehead atoms. The second-order valence-electron chi connectivity index (χ2n) is 5.87. The monoisotopic (exact) mass is 382 g/mol. The van der Waals surface area contributed by atoms with Gasteiger partial charge in [-0.25, -0.2) is 27.6 Å². The highest BCUT2D eigenvalue weighted by molar-refractivity contribution is 7.89. The molecule has 0 saturated carbocycles. The Balaban J connectivity index is 2.29. The van der Waals surface area contributed by atoms with Crippen LogP contribution in [0.15, 0.2) is 35.4 Å². The van der Waals surface area contributed by atoms with E-state index in [-0.39, 0.29) is 34.7 Å². The van der Waals surface area contributed by atoms with Crippen molar-refractivity contribution in [1.82, 2.24) is 14.3 Å². The summed E-state index contributed by atoms with van der Waals surface area (Å²) < 4.78 is 39.0. The van der Waals surface area contributed by atoms with Crippen LogP contribution in [0.3, 0.4) is 0 Å². The first kappa shape index (κ1) is 19.7. The lowest BCUT2D eigenvalue weighted by molar-refractivity contribution is 0.0697. The van der Waals surface area contributed by atoms with Crippen molar-refractivity contribution >= 4 is 21.8 Å². The van der Waals surface area contributed by atoms with Gasteiger partial charge in [0, 0.05) is 19.3 Å². The van der Waals surface area contributed by atoms with Crippen LogP contribution in [0.5, 0.6) is 0 Å². The maximum absolute atomic E-state index is 13.0. The van der Waals surface area contributed by atoms with Gasteiger partial charge in [0.05, 0.1) is 11.4 Å². The molecule has 0 fully saturated rings. The van der Waals surface area contributed by atoms with Crippen LogP contribution in [0.4, 0.5) is 10.2 Å². The molecule has 0 radical (unpaired) electrons. The third-order valence-electron chi connectivity index (χ3n) is 3.38. The first-order valence-corrected chi connectivity index (χ1v) is 9.13. The molecule has 2 aromatic rings. The maximum atomic E-state index is 13.0. The van der Waals surface area contributed by atoms with E-state index in [9.17, 15) is 22.7 Å². The van der Waals surface area contributed by atoms with Crippen molar-refractivity contribution in [2.24, 2.45) is 0 Å². The Labute approximate surface area is 150 Å². The summed E-state index contributed by atoms with van der Waals surface area (Å²) in [6.07, 6.45) is 1.13. The van der Waals surface area contributed by atoms with E-state index >= 15 is 0 Å². The van der Waals surface area contributed by atoms with Gasteiger partial charge in [-0.1, -0.05) is 0 Å². The number of nitrogens with zero attached hydrogens (tertiary/aromatic N) is 3. The molecule has 26 heavy (non-hydrogen) atoms. The number of halogens is 1. The molecule has 10 heteroatoms. The minimum absolute atomic E-state index is 0.0657. The number of aromatic carboxylic acids is 1. The Kier molecular flexibility index (Phi) is 5.88. The normalized spacial score (nSPS) is 11.8. The Hall–Kier alpha value is -2.59. The molecule has 1 heterocycles. The molecule has 0 atom stereocenters. The van der Waals surface area contributed by atoms with Crippen molar-refractivity contribution in [1.29, 1.82) is 0 Å². The minimum atomic E-state index is -3.87. The minimum Gasteiger partial charge on any atom is -0.477 e. The molecule has 0 spiro atoms. The van der Waals surface area contributed by atoms with E-state index in [2.05, 4.69) is 15.3 Å². The Morgan fingerprint density at radius 1 is 1.31 bits per heavy atom. The van der Waals surface area contributed by atoms with Gasteiger partial charge < -0.3 is 10.4 Å². The van der Waals surface area contributed by atoms with Gasteiger partial charge >= 0.3 is 5.97 Å². The van der Waals surface area contributed by atoms with E-state index in [4.69, 9.17) is 0 Å². The van der Waals surface area contributed by atoms with Crippen molar-refractivity contribution < 1.29 is 22.7 Å². The van der Waals surface area contributed by atoms with Crippen LogP contribution in [-0.4, -0.2) is 46.9 Å². The van der Waals surface area contributed by atoms with Gasteiger partial charge in [-0.2, -0.15) is 4.31 Å². The zero-order chi connectivity index (χ0) is 19.5.